The van der Waals surface area contributed by atoms with Crippen LogP contribution in [0.5, 0.6) is 11.6 Å². The van der Waals surface area contributed by atoms with Crippen LogP contribution in [-0.4, -0.2) is 28.0 Å². The molecule has 120 valence electrons. The molecule has 0 spiro atoms. The van der Waals surface area contributed by atoms with E-state index in [9.17, 15) is 13.2 Å². The Labute approximate surface area is 129 Å². The van der Waals surface area contributed by atoms with Crippen LogP contribution in [0, 0.1) is 6.92 Å². The number of imidazole rings is 1. The third kappa shape index (κ3) is 3.05. The number of aromatic nitrogens is 3. The molecule has 0 unspecified atom stereocenters. The van der Waals surface area contributed by atoms with Gasteiger partial charge >= 0.3 is 6.36 Å². The van der Waals surface area contributed by atoms with Gasteiger partial charge in [0.1, 0.15) is 17.1 Å². The van der Waals surface area contributed by atoms with E-state index < -0.39 is 6.36 Å². The van der Waals surface area contributed by atoms with Crippen LogP contribution in [-0.2, 0) is 0 Å². The van der Waals surface area contributed by atoms with Gasteiger partial charge in [0.25, 0.3) is 0 Å². The number of nitrogens with zero attached hydrogens (tertiary/aromatic N) is 3. The molecule has 0 saturated carbocycles. The van der Waals surface area contributed by atoms with Crippen molar-refractivity contribution in [2.24, 2.45) is 0 Å². The molecular weight excluding hydrogens is 311 g/mol. The maximum absolute atomic E-state index is 12.2. The van der Waals surface area contributed by atoms with Gasteiger partial charge in [-0.05, 0) is 37.3 Å². The molecule has 0 N–H and O–H groups in total. The van der Waals surface area contributed by atoms with E-state index in [-0.39, 0.29) is 5.75 Å². The van der Waals surface area contributed by atoms with Crippen LogP contribution in [0.2, 0.25) is 0 Å². The predicted octanol–water partition coefficient (Wildman–Crippen LogP) is 3.64. The Morgan fingerprint density at radius 2 is 1.70 bits per heavy atom. The first kappa shape index (κ1) is 15.1. The van der Waals surface area contributed by atoms with Crippen LogP contribution in [0.1, 0.15) is 5.82 Å². The second-order valence-electron chi connectivity index (χ2n) is 4.73. The van der Waals surface area contributed by atoms with Crippen LogP contribution in [0.3, 0.4) is 0 Å². The monoisotopic (exact) mass is 323 g/mol. The maximum atomic E-state index is 12.2. The fourth-order valence-corrected chi connectivity index (χ4v) is 2.27. The summed E-state index contributed by atoms with van der Waals surface area (Å²) in [6.45, 7) is 1.79. The lowest BCUT2D eigenvalue weighted by atomic mass is 10.3. The number of benzene rings is 1. The van der Waals surface area contributed by atoms with Gasteiger partial charge in [-0.1, -0.05) is 0 Å². The van der Waals surface area contributed by atoms with Crippen molar-refractivity contribution in [2.45, 2.75) is 13.3 Å². The molecule has 0 amide bonds. The Morgan fingerprint density at radius 1 is 1.00 bits per heavy atom. The molecule has 0 aliphatic heterocycles. The normalized spacial score (nSPS) is 11.7. The summed E-state index contributed by atoms with van der Waals surface area (Å²) >= 11 is 0. The van der Waals surface area contributed by atoms with Crippen LogP contribution in [0.15, 0.2) is 36.4 Å². The summed E-state index contributed by atoms with van der Waals surface area (Å²) in [6.07, 6.45) is -4.71. The second kappa shape index (κ2) is 5.45. The van der Waals surface area contributed by atoms with Crippen LogP contribution >= 0.6 is 0 Å². The zero-order valence-electron chi connectivity index (χ0n) is 12.3. The fourth-order valence-electron chi connectivity index (χ4n) is 2.27. The van der Waals surface area contributed by atoms with Gasteiger partial charge in [-0.25, -0.2) is 4.98 Å². The number of fused-ring (bicyclic) bond motifs is 1. The highest BCUT2D eigenvalue weighted by Crippen LogP contribution is 2.26. The van der Waals surface area contributed by atoms with Gasteiger partial charge in [0, 0.05) is 11.8 Å². The van der Waals surface area contributed by atoms with Crippen LogP contribution in [0.25, 0.3) is 16.9 Å². The first-order chi connectivity index (χ1) is 10.9. The van der Waals surface area contributed by atoms with Crippen LogP contribution < -0.4 is 9.47 Å². The Morgan fingerprint density at radius 3 is 2.30 bits per heavy atom. The van der Waals surface area contributed by atoms with Crippen LogP contribution in [0.4, 0.5) is 13.2 Å². The third-order valence-electron chi connectivity index (χ3n) is 3.18. The van der Waals surface area contributed by atoms with Crippen molar-refractivity contribution in [1.82, 2.24) is 14.5 Å². The Bertz CT molecular complexity index is 842. The SMILES string of the molecule is COc1ccc2nc(C)n(-c3ccc(OC(F)(F)F)cc3)c2n1. The van der Waals surface area contributed by atoms with Gasteiger partial charge in [-0.15, -0.1) is 13.2 Å². The average molecular weight is 323 g/mol. The van der Waals surface area contributed by atoms with E-state index >= 15 is 0 Å². The number of halogens is 3. The second-order valence-corrected chi connectivity index (χ2v) is 4.73. The topological polar surface area (TPSA) is 49.2 Å². The number of alkyl halides is 3. The van der Waals surface area contributed by atoms with Crippen molar-refractivity contribution >= 4 is 11.2 Å². The van der Waals surface area contributed by atoms with Crippen molar-refractivity contribution in [1.29, 1.82) is 0 Å². The first-order valence-electron chi connectivity index (χ1n) is 6.63. The van der Waals surface area contributed by atoms with Gasteiger partial charge in [-0.2, -0.15) is 4.98 Å². The molecule has 2 aromatic heterocycles. The summed E-state index contributed by atoms with van der Waals surface area (Å²) in [5, 5.41) is 0. The average Bonchev–Trinajstić information content (AvgIpc) is 2.81. The summed E-state index contributed by atoms with van der Waals surface area (Å²) in [5.41, 5.74) is 1.85. The molecule has 5 nitrogen and oxygen atoms in total. The smallest absolute Gasteiger partial charge is 0.481 e. The number of methoxy groups -OCH3 is 1. The Balaban J connectivity index is 2.04. The van der Waals surface area contributed by atoms with E-state index in [2.05, 4.69) is 14.7 Å². The lowest BCUT2D eigenvalue weighted by molar-refractivity contribution is -0.274. The molecule has 3 aromatic rings. The molecule has 0 saturated heterocycles. The summed E-state index contributed by atoms with van der Waals surface area (Å²) in [7, 11) is 1.50. The van der Waals surface area contributed by atoms with Gasteiger partial charge in [0.2, 0.25) is 5.88 Å². The molecule has 23 heavy (non-hydrogen) atoms. The van der Waals surface area contributed by atoms with E-state index in [1.165, 1.54) is 31.4 Å². The number of hydrogen-bond acceptors (Lipinski definition) is 4. The molecule has 0 aliphatic rings. The van der Waals surface area contributed by atoms with E-state index in [1.807, 2.05) is 0 Å². The zero-order chi connectivity index (χ0) is 16.6. The van der Waals surface area contributed by atoms with Crippen molar-refractivity contribution in [3.05, 3.63) is 42.2 Å². The molecule has 0 aliphatic carbocycles. The Hall–Kier alpha value is -2.77. The predicted molar refractivity (Wildman–Crippen MR) is 76.8 cm³/mol. The molecule has 8 heteroatoms. The summed E-state index contributed by atoms with van der Waals surface area (Å²) in [6, 6.07) is 8.97. The maximum Gasteiger partial charge on any atom is 0.573 e. The van der Waals surface area contributed by atoms with Crippen molar-refractivity contribution in [3.63, 3.8) is 0 Å². The van der Waals surface area contributed by atoms with Crippen molar-refractivity contribution in [3.8, 4) is 17.3 Å². The number of rotatable bonds is 3. The minimum atomic E-state index is -4.71. The molecule has 1 aromatic carbocycles. The van der Waals surface area contributed by atoms with E-state index in [0.29, 0.717) is 28.6 Å². The summed E-state index contributed by atoms with van der Waals surface area (Å²) in [5.74, 6) is 0.801. The highest BCUT2D eigenvalue weighted by Gasteiger charge is 2.31. The molecule has 3 rings (SSSR count). The molecule has 0 atom stereocenters. The largest absolute Gasteiger partial charge is 0.573 e. The summed E-state index contributed by atoms with van der Waals surface area (Å²) < 4.78 is 47.3. The van der Waals surface area contributed by atoms with Gasteiger partial charge in [0.05, 0.1) is 7.11 Å². The quantitative estimate of drug-likeness (QED) is 0.738. The van der Waals surface area contributed by atoms with Gasteiger partial charge in [0.15, 0.2) is 5.65 Å². The van der Waals surface area contributed by atoms with E-state index in [0.717, 1.165) is 0 Å². The first-order valence-corrected chi connectivity index (χ1v) is 6.63. The number of pyridine rings is 1. The third-order valence-corrected chi connectivity index (χ3v) is 3.18. The number of ether oxygens (including phenoxy) is 2. The van der Waals surface area contributed by atoms with E-state index in [4.69, 9.17) is 4.74 Å². The number of aryl methyl sites for hydroxylation is 1. The molecule has 0 bridgehead atoms. The lowest BCUT2D eigenvalue weighted by Gasteiger charge is -2.10. The Kier molecular flexibility index (Phi) is 3.59. The van der Waals surface area contributed by atoms with Crippen molar-refractivity contribution < 1.29 is 22.6 Å². The van der Waals surface area contributed by atoms with Crippen molar-refractivity contribution in [2.75, 3.05) is 7.11 Å². The van der Waals surface area contributed by atoms with E-state index in [1.54, 1.807) is 23.6 Å². The fraction of sp³-hybridized carbons (Fsp3) is 0.200. The zero-order valence-corrected chi connectivity index (χ0v) is 12.3. The highest BCUT2D eigenvalue weighted by atomic mass is 19.4. The van der Waals surface area contributed by atoms with Gasteiger partial charge < -0.3 is 9.47 Å². The number of hydrogen-bond donors (Lipinski definition) is 0. The molecule has 0 fully saturated rings. The minimum Gasteiger partial charge on any atom is -0.481 e. The molecule has 2 heterocycles. The standard InChI is InChI=1S/C15H12F3N3O2/c1-9-19-12-7-8-13(22-2)20-14(12)21(9)10-3-5-11(6-4-10)23-15(16,17)18/h3-8H,1-2H3. The van der Waals surface area contributed by atoms with Gasteiger partial charge in [-0.3, -0.25) is 4.57 Å². The lowest BCUT2D eigenvalue weighted by Crippen LogP contribution is -2.17. The minimum absolute atomic E-state index is 0.283. The molecular formula is C15H12F3N3O2. The molecule has 0 radical (unpaired) electrons. The highest BCUT2D eigenvalue weighted by molar-refractivity contribution is 5.74. The summed E-state index contributed by atoms with van der Waals surface area (Å²) in [4.78, 5) is 8.72.